The fourth-order valence-corrected chi connectivity index (χ4v) is 3.99. The Morgan fingerprint density at radius 3 is 2.35 bits per heavy atom. The molecule has 160 valence electrons. The highest BCUT2D eigenvalue weighted by atomic mass is 16.2. The lowest BCUT2D eigenvalue weighted by Crippen LogP contribution is -2.50. The third-order valence-electron chi connectivity index (χ3n) is 5.63. The summed E-state index contributed by atoms with van der Waals surface area (Å²) in [4.78, 5) is 30.5. The Morgan fingerprint density at radius 1 is 0.968 bits per heavy atom. The molecule has 0 unspecified atom stereocenters. The van der Waals surface area contributed by atoms with E-state index in [1.807, 2.05) is 41.3 Å². The van der Waals surface area contributed by atoms with E-state index in [0.29, 0.717) is 29.7 Å². The zero-order valence-electron chi connectivity index (χ0n) is 17.7. The number of pyridine rings is 1. The number of rotatable bonds is 4. The van der Waals surface area contributed by atoms with Gasteiger partial charge >= 0.3 is 6.03 Å². The normalized spacial score (nSPS) is 14.5. The number of nitrogens with one attached hydrogen (secondary N) is 2. The molecule has 3 aromatic rings. The summed E-state index contributed by atoms with van der Waals surface area (Å²) in [5.74, 6) is -0.406. The summed E-state index contributed by atoms with van der Waals surface area (Å²) in [6, 6.07) is 16.2. The van der Waals surface area contributed by atoms with Crippen molar-refractivity contribution in [2.75, 3.05) is 38.0 Å². The fourth-order valence-electron chi connectivity index (χ4n) is 3.99. The number of para-hydroxylation sites is 2. The summed E-state index contributed by atoms with van der Waals surface area (Å²) < 4.78 is 1.52. The number of fused-ring (bicyclic) bond motifs is 1. The van der Waals surface area contributed by atoms with Crippen LogP contribution in [-0.2, 0) is 0 Å². The van der Waals surface area contributed by atoms with E-state index in [-0.39, 0.29) is 17.0 Å². The number of aromatic nitrogens is 1. The number of carbonyl (C=O) groups excluding carboxylic acids is 2. The van der Waals surface area contributed by atoms with E-state index in [1.165, 1.54) is 10.8 Å². The molecule has 1 saturated heterocycles. The summed E-state index contributed by atoms with van der Waals surface area (Å²) in [7, 11) is 0. The van der Waals surface area contributed by atoms with Crippen LogP contribution in [-0.4, -0.2) is 59.0 Å². The molecular formula is C24H27N5O2. The standard InChI is InChI=1S/C24H27N5O2/c1-2-12-27-13-15-28(16-14-27)24(31)29-17-20(22(25)19-10-6-7-11-21(19)29)23(30)26-18-8-4-3-5-9-18/h3-11,17,25H,2,12-16H2,1H3,(H,26,30). The van der Waals surface area contributed by atoms with E-state index in [2.05, 4.69) is 17.1 Å². The highest BCUT2D eigenvalue weighted by molar-refractivity contribution is 6.06. The number of benzene rings is 2. The van der Waals surface area contributed by atoms with E-state index >= 15 is 0 Å². The van der Waals surface area contributed by atoms with Gasteiger partial charge in [-0.15, -0.1) is 0 Å². The maximum absolute atomic E-state index is 13.4. The summed E-state index contributed by atoms with van der Waals surface area (Å²) in [6.45, 7) is 6.17. The van der Waals surface area contributed by atoms with Gasteiger partial charge in [-0.25, -0.2) is 4.79 Å². The molecule has 4 rings (SSSR count). The van der Waals surface area contributed by atoms with Crippen LogP contribution in [0.25, 0.3) is 10.9 Å². The van der Waals surface area contributed by atoms with Crippen LogP contribution in [0.3, 0.4) is 0 Å². The minimum absolute atomic E-state index is 0.112. The van der Waals surface area contributed by atoms with Crippen molar-refractivity contribution < 1.29 is 9.59 Å². The van der Waals surface area contributed by atoms with Gasteiger partial charge in [-0.1, -0.05) is 43.3 Å². The van der Waals surface area contributed by atoms with Gasteiger partial charge < -0.3 is 10.2 Å². The predicted molar refractivity (Wildman–Crippen MR) is 121 cm³/mol. The van der Waals surface area contributed by atoms with Gasteiger partial charge in [0.15, 0.2) is 0 Å². The lowest BCUT2D eigenvalue weighted by atomic mass is 10.1. The number of anilines is 1. The molecule has 7 heteroatoms. The van der Waals surface area contributed by atoms with Crippen molar-refractivity contribution >= 4 is 28.5 Å². The van der Waals surface area contributed by atoms with Gasteiger partial charge in [0.05, 0.1) is 16.4 Å². The molecule has 1 aliphatic heterocycles. The molecule has 2 aromatic carbocycles. The molecule has 1 aromatic heterocycles. The maximum atomic E-state index is 13.4. The average Bonchev–Trinajstić information content (AvgIpc) is 2.80. The molecule has 0 atom stereocenters. The first-order valence-electron chi connectivity index (χ1n) is 10.7. The summed E-state index contributed by atoms with van der Waals surface area (Å²) in [5.41, 5.74) is 1.44. The summed E-state index contributed by atoms with van der Waals surface area (Å²) in [6.07, 6.45) is 2.60. The zero-order valence-corrected chi connectivity index (χ0v) is 17.7. The van der Waals surface area contributed by atoms with Crippen LogP contribution >= 0.6 is 0 Å². The van der Waals surface area contributed by atoms with Crippen LogP contribution in [0.15, 0.2) is 60.8 Å². The van der Waals surface area contributed by atoms with Crippen LogP contribution < -0.4 is 10.7 Å². The predicted octanol–water partition coefficient (Wildman–Crippen LogP) is 3.37. The fraction of sp³-hybridized carbons (Fsp3) is 0.292. The Balaban J connectivity index is 1.68. The second kappa shape index (κ2) is 9.14. The largest absolute Gasteiger partial charge is 0.328 e. The summed E-state index contributed by atoms with van der Waals surface area (Å²) >= 11 is 0. The van der Waals surface area contributed by atoms with Crippen molar-refractivity contribution in [1.29, 1.82) is 5.41 Å². The van der Waals surface area contributed by atoms with Crippen molar-refractivity contribution in [3.8, 4) is 0 Å². The van der Waals surface area contributed by atoms with Gasteiger partial charge in [-0.05, 0) is 31.2 Å². The van der Waals surface area contributed by atoms with Gasteiger partial charge in [0, 0.05) is 43.4 Å². The highest BCUT2D eigenvalue weighted by Gasteiger charge is 2.24. The van der Waals surface area contributed by atoms with E-state index < -0.39 is 5.91 Å². The minimum atomic E-state index is -0.406. The number of hydrogen-bond acceptors (Lipinski definition) is 4. The number of amides is 2. The Kier molecular flexibility index (Phi) is 6.13. The monoisotopic (exact) mass is 417 g/mol. The van der Waals surface area contributed by atoms with Gasteiger partial charge in [0.25, 0.3) is 5.91 Å². The number of piperazine rings is 1. The second-order valence-corrected chi connectivity index (χ2v) is 7.74. The number of nitrogens with zero attached hydrogens (tertiary/aromatic N) is 3. The van der Waals surface area contributed by atoms with Gasteiger partial charge in [-0.2, -0.15) is 0 Å². The number of hydrogen-bond donors (Lipinski definition) is 2. The topological polar surface area (TPSA) is 81.4 Å². The molecule has 0 saturated carbocycles. The van der Waals surface area contributed by atoms with Gasteiger partial charge in [-0.3, -0.25) is 19.7 Å². The van der Waals surface area contributed by atoms with E-state index in [0.717, 1.165) is 26.1 Å². The Bertz CT molecular complexity index is 1150. The molecule has 0 radical (unpaired) electrons. The third kappa shape index (κ3) is 4.36. The van der Waals surface area contributed by atoms with Crippen molar-refractivity contribution in [3.05, 3.63) is 71.7 Å². The van der Waals surface area contributed by atoms with Crippen LogP contribution in [0.4, 0.5) is 10.5 Å². The van der Waals surface area contributed by atoms with Crippen LogP contribution in [0, 0.1) is 5.41 Å². The molecule has 7 nitrogen and oxygen atoms in total. The van der Waals surface area contributed by atoms with Gasteiger partial charge in [0.2, 0.25) is 0 Å². The molecule has 2 heterocycles. The Morgan fingerprint density at radius 2 is 1.65 bits per heavy atom. The third-order valence-corrected chi connectivity index (χ3v) is 5.63. The lowest BCUT2D eigenvalue weighted by Gasteiger charge is -2.35. The smallest absolute Gasteiger partial charge is 0.322 e. The minimum Gasteiger partial charge on any atom is -0.322 e. The van der Waals surface area contributed by atoms with E-state index in [4.69, 9.17) is 5.41 Å². The first-order chi connectivity index (χ1) is 15.1. The quantitative estimate of drug-likeness (QED) is 0.683. The second-order valence-electron chi connectivity index (χ2n) is 7.74. The highest BCUT2D eigenvalue weighted by Crippen LogP contribution is 2.16. The number of carbonyl (C=O) groups is 2. The van der Waals surface area contributed by atoms with Crippen molar-refractivity contribution in [1.82, 2.24) is 14.4 Å². The molecule has 1 aliphatic rings. The van der Waals surface area contributed by atoms with E-state index in [9.17, 15) is 9.59 Å². The lowest BCUT2D eigenvalue weighted by molar-refractivity contribution is 0.102. The van der Waals surface area contributed by atoms with Crippen LogP contribution in [0.5, 0.6) is 0 Å². The van der Waals surface area contributed by atoms with Crippen LogP contribution in [0.1, 0.15) is 23.7 Å². The maximum Gasteiger partial charge on any atom is 0.328 e. The summed E-state index contributed by atoms with van der Waals surface area (Å²) in [5, 5.41) is 12.1. The van der Waals surface area contributed by atoms with E-state index in [1.54, 1.807) is 18.2 Å². The Labute approximate surface area is 181 Å². The Hall–Kier alpha value is -3.45. The first-order valence-corrected chi connectivity index (χ1v) is 10.7. The first kappa shape index (κ1) is 20.8. The molecular weight excluding hydrogens is 390 g/mol. The zero-order chi connectivity index (χ0) is 21.8. The van der Waals surface area contributed by atoms with Crippen molar-refractivity contribution in [2.24, 2.45) is 0 Å². The molecule has 1 fully saturated rings. The average molecular weight is 418 g/mol. The van der Waals surface area contributed by atoms with Crippen molar-refractivity contribution in [2.45, 2.75) is 13.3 Å². The molecule has 31 heavy (non-hydrogen) atoms. The SMILES string of the molecule is CCCN1CCN(C(=O)n2cc(C(=O)Nc3ccccc3)c(=N)c3ccccc32)CC1. The van der Waals surface area contributed by atoms with Crippen molar-refractivity contribution in [3.63, 3.8) is 0 Å². The molecule has 0 spiro atoms. The molecule has 0 bridgehead atoms. The molecule has 2 amide bonds. The van der Waals surface area contributed by atoms with Crippen LogP contribution in [0.2, 0.25) is 0 Å². The molecule has 0 aliphatic carbocycles. The van der Waals surface area contributed by atoms with Gasteiger partial charge in [0.1, 0.15) is 0 Å². The molecule has 2 N–H and O–H groups in total.